The van der Waals surface area contributed by atoms with Crippen molar-refractivity contribution in [2.24, 2.45) is 0 Å². The summed E-state index contributed by atoms with van der Waals surface area (Å²) in [6, 6.07) is 7.71. The number of rotatable bonds is 3. The summed E-state index contributed by atoms with van der Waals surface area (Å²) in [6.07, 6.45) is -0.0212. The fourth-order valence-electron chi connectivity index (χ4n) is 1.42. The summed E-state index contributed by atoms with van der Waals surface area (Å²) >= 11 is 0. The van der Waals surface area contributed by atoms with Gasteiger partial charge in [0.2, 0.25) is 0 Å². The van der Waals surface area contributed by atoms with Crippen LogP contribution in [0.5, 0.6) is 0 Å². The minimum atomic E-state index is -1.07. The third-order valence-electron chi connectivity index (χ3n) is 2.40. The van der Waals surface area contributed by atoms with E-state index in [1.54, 1.807) is 0 Å². The maximum Gasteiger partial charge on any atom is 0.167 e. The van der Waals surface area contributed by atoms with Crippen molar-refractivity contribution in [3.8, 4) is 0 Å². The van der Waals surface area contributed by atoms with Crippen molar-refractivity contribution in [2.75, 3.05) is 0 Å². The van der Waals surface area contributed by atoms with E-state index >= 15 is 0 Å². The third-order valence-corrected chi connectivity index (χ3v) is 3.92. The summed E-state index contributed by atoms with van der Waals surface area (Å²) in [7, 11) is -1.07. The molecule has 1 aliphatic rings. The molecule has 0 N–H and O–H groups in total. The number of ether oxygens (including phenoxy) is 1. The standard InChI is InChI=1S/C12H14O2S/c1-8(2)11-12(14-11)15(13)10-6-4-9(3)5-7-10/h4-7,11-12H,1H2,2-3H3/t11-,12+,15-/m0/s1. The van der Waals surface area contributed by atoms with E-state index in [0.29, 0.717) is 0 Å². The van der Waals surface area contributed by atoms with Gasteiger partial charge >= 0.3 is 0 Å². The van der Waals surface area contributed by atoms with Crippen LogP contribution in [-0.2, 0) is 15.5 Å². The molecule has 2 nitrogen and oxygen atoms in total. The van der Waals surface area contributed by atoms with Crippen molar-refractivity contribution in [1.29, 1.82) is 0 Å². The van der Waals surface area contributed by atoms with Gasteiger partial charge in [0, 0.05) is 4.90 Å². The summed E-state index contributed by atoms with van der Waals surface area (Å²) in [5, 5.41) is 0. The van der Waals surface area contributed by atoms with E-state index in [0.717, 1.165) is 10.5 Å². The van der Waals surface area contributed by atoms with Gasteiger partial charge in [0.05, 0.1) is 10.8 Å². The van der Waals surface area contributed by atoms with E-state index in [4.69, 9.17) is 4.74 Å². The van der Waals surface area contributed by atoms with Crippen LogP contribution < -0.4 is 0 Å². The molecule has 0 amide bonds. The van der Waals surface area contributed by atoms with Crippen LogP contribution in [0.1, 0.15) is 12.5 Å². The number of hydrogen-bond donors (Lipinski definition) is 0. The Labute approximate surface area is 92.4 Å². The zero-order chi connectivity index (χ0) is 11.0. The van der Waals surface area contributed by atoms with Crippen LogP contribution in [0, 0.1) is 6.92 Å². The summed E-state index contributed by atoms with van der Waals surface area (Å²) in [5.41, 5.74) is 1.93. The molecule has 1 saturated heterocycles. The van der Waals surface area contributed by atoms with E-state index in [1.807, 2.05) is 38.1 Å². The predicted molar refractivity (Wildman–Crippen MR) is 61.1 cm³/mol. The lowest BCUT2D eigenvalue weighted by Gasteiger charge is -1.99. The molecule has 1 heterocycles. The fraction of sp³-hybridized carbons (Fsp3) is 0.333. The Bertz CT molecular complexity index is 408. The SMILES string of the molecule is C=C(C)[C@@H]1O[C@@H]1[S@@](=O)c1ccc(C)cc1. The van der Waals surface area contributed by atoms with Gasteiger partial charge in [-0.2, -0.15) is 0 Å². The van der Waals surface area contributed by atoms with Crippen LogP contribution in [0.15, 0.2) is 41.3 Å². The molecule has 3 atom stereocenters. The van der Waals surface area contributed by atoms with Crippen molar-refractivity contribution < 1.29 is 8.95 Å². The monoisotopic (exact) mass is 222 g/mol. The van der Waals surface area contributed by atoms with Crippen molar-refractivity contribution in [2.45, 2.75) is 30.3 Å². The van der Waals surface area contributed by atoms with Crippen LogP contribution in [0.4, 0.5) is 0 Å². The topological polar surface area (TPSA) is 29.6 Å². The maximum absolute atomic E-state index is 12.0. The second-order valence-electron chi connectivity index (χ2n) is 3.88. The van der Waals surface area contributed by atoms with Gasteiger partial charge in [-0.1, -0.05) is 24.3 Å². The molecule has 15 heavy (non-hydrogen) atoms. The molecule has 1 aromatic carbocycles. The van der Waals surface area contributed by atoms with Gasteiger partial charge in [0.1, 0.15) is 6.10 Å². The van der Waals surface area contributed by atoms with E-state index < -0.39 is 10.8 Å². The van der Waals surface area contributed by atoms with Crippen LogP contribution in [-0.4, -0.2) is 15.7 Å². The zero-order valence-corrected chi connectivity index (χ0v) is 9.71. The molecule has 0 unspecified atom stereocenters. The van der Waals surface area contributed by atoms with Crippen LogP contribution >= 0.6 is 0 Å². The number of epoxide rings is 1. The van der Waals surface area contributed by atoms with E-state index in [2.05, 4.69) is 6.58 Å². The molecular weight excluding hydrogens is 208 g/mol. The second kappa shape index (κ2) is 3.91. The van der Waals surface area contributed by atoms with E-state index in [-0.39, 0.29) is 11.5 Å². The minimum Gasteiger partial charge on any atom is -0.350 e. The van der Waals surface area contributed by atoms with Crippen molar-refractivity contribution in [3.05, 3.63) is 42.0 Å². The average molecular weight is 222 g/mol. The highest BCUT2D eigenvalue weighted by Gasteiger charge is 2.44. The molecule has 2 rings (SSSR count). The van der Waals surface area contributed by atoms with E-state index in [1.165, 1.54) is 5.56 Å². The maximum atomic E-state index is 12.0. The normalized spacial score (nSPS) is 26.0. The molecule has 0 aromatic heterocycles. The van der Waals surface area contributed by atoms with Gasteiger partial charge < -0.3 is 4.74 Å². The van der Waals surface area contributed by atoms with Crippen LogP contribution in [0.25, 0.3) is 0 Å². The Kier molecular flexibility index (Phi) is 2.76. The molecule has 1 fully saturated rings. The molecule has 3 heteroatoms. The lowest BCUT2D eigenvalue weighted by Crippen LogP contribution is -2.03. The number of benzene rings is 1. The molecule has 0 spiro atoms. The zero-order valence-electron chi connectivity index (χ0n) is 8.90. The number of aryl methyl sites for hydroxylation is 1. The van der Waals surface area contributed by atoms with Crippen molar-refractivity contribution >= 4 is 10.8 Å². The lowest BCUT2D eigenvalue weighted by atomic mass is 10.2. The first kappa shape index (κ1) is 10.6. The van der Waals surface area contributed by atoms with Gasteiger partial charge in [-0.25, -0.2) is 0 Å². The number of hydrogen-bond acceptors (Lipinski definition) is 2. The molecular formula is C12H14O2S. The Morgan fingerprint density at radius 2 is 2.00 bits per heavy atom. The predicted octanol–water partition coefficient (Wildman–Crippen LogP) is 2.40. The first-order valence-corrected chi connectivity index (χ1v) is 6.09. The van der Waals surface area contributed by atoms with Crippen LogP contribution in [0.3, 0.4) is 0 Å². The van der Waals surface area contributed by atoms with Gasteiger partial charge in [-0.05, 0) is 31.6 Å². The molecule has 1 aliphatic heterocycles. The first-order valence-electron chi connectivity index (χ1n) is 4.87. The summed E-state index contributed by atoms with van der Waals surface area (Å²) in [5.74, 6) is 0. The molecule has 1 aromatic rings. The summed E-state index contributed by atoms with van der Waals surface area (Å²) in [6.45, 7) is 7.71. The highest BCUT2D eigenvalue weighted by molar-refractivity contribution is 7.85. The minimum absolute atomic E-state index is 0.0212. The molecule has 0 saturated carbocycles. The summed E-state index contributed by atoms with van der Waals surface area (Å²) < 4.78 is 17.3. The molecule has 80 valence electrons. The Morgan fingerprint density at radius 3 is 2.47 bits per heavy atom. The van der Waals surface area contributed by atoms with Crippen LogP contribution in [0.2, 0.25) is 0 Å². The smallest absolute Gasteiger partial charge is 0.167 e. The van der Waals surface area contributed by atoms with Gasteiger partial charge in [-0.3, -0.25) is 4.21 Å². The lowest BCUT2D eigenvalue weighted by molar-refractivity contribution is 0.418. The quantitative estimate of drug-likeness (QED) is 0.580. The fourth-order valence-corrected chi connectivity index (χ4v) is 2.77. The third kappa shape index (κ3) is 2.19. The van der Waals surface area contributed by atoms with Gasteiger partial charge in [0.25, 0.3) is 0 Å². The largest absolute Gasteiger partial charge is 0.350 e. The molecule has 0 radical (unpaired) electrons. The first-order chi connectivity index (χ1) is 7.09. The van der Waals surface area contributed by atoms with E-state index in [9.17, 15) is 4.21 Å². The Morgan fingerprint density at radius 1 is 1.40 bits per heavy atom. The Balaban J connectivity index is 2.10. The van der Waals surface area contributed by atoms with Gasteiger partial charge in [0.15, 0.2) is 5.44 Å². The highest BCUT2D eigenvalue weighted by Crippen LogP contribution is 2.33. The van der Waals surface area contributed by atoms with Gasteiger partial charge in [-0.15, -0.1) is 0 Å². The Hall–Kier alpha value is -0.930. The summed E-state index contributed by atoms with van der Waals surface area (Å²) in [4.78, 5) is 0.828. The van der Waals surface area contributed by atoms with Crippen molar-refractivity contribution in [3.63, 3.8) is 0 Å². The second-order valence-corrected chi connectivity index (χ2v) is 5.41. The average Bonchev–Trinajstić information content (AvgIpc) is 2.97. The highest BCUT2D eigenvalue weighted by atomic mass is 32.2. The molecule has 0 aliphatic carbocycles. The molecule has 0 bridgehead atoms. The van der Waals surface area contributed by atoms with Crippen molar-refractivity contribution in [1.82, 2.24) is 0 Å².